The number of likely N-dealkylation sites (tertiary alicyclic amines) is 1. The van der Waals surface area contributed by atoms with Crippen molar-refractivity contribution in [3.8, 4) is 27.7 Å². The molecule has 1 aromatic heterocycles. The Morgan fingerprint density at radius 3 is 2.55 bits per heavy atom. The molecule has 42 heavy (non-hydrogen) atoms. The van der Waals surface area contributed by atoms with E-state index in [-0.39, 0.29) is 19.1 Å². The van der Waals surface area contributed by atoms with Crippen molar-refractivity contribution in [1.29, 1.82) is 0 Å². The van der Waals surface area contributed by atoms with Gasteiger partial charge >= 0.3 is 18.1 Å². The van der Waals surface area contributed by atoms with Gasteiger partial charge in [0.2, 0.25) is 0 Å². The highest BCUT2D eigenvalue weighted by atomic mass is 35.5. The molecule has 0 atom stereocenters. The van der Waals surface area contributed by atoms with Gasteiger partial charge in [-0.3, -0.25) is 4.79 Å². The third-order valence-electron chi connectivity index (χ3n) is 7.12. The smallest absolute Gasteiger partial charge is 0.489 e. The summed E-state index contributed by atoms with van der Waals surface area (Å²) in [6.07, 6.45) is -1.93. The minimum Gasteiger partial charge on any atom is -0.489 e. The molecule has 0 spiro atoms. The van der Waals surface area contributed by atoms with E-state index in [1.807, 2.05) is 49.1 Å². The summed E-state index contributed by atoms with van der Waals surface area (Å²) in [6, 6.07) is 11.8. The number of piperidine rings is 1. The molecule has 7 nitrogen and oxygen atoms in total. The zero-order valence-corrected chi connectivity index (χ0v) is 25.2. The van der Waals surface area contributed by atoms with Crippen LogP contribution in [0.5, 0.6) is 5.75 Å². The van der Waals surface area contributed by atoms with Gasteiger partial charge in [-0.15, -0.1) is 0 Å². The Balaban J connectivity index is 1.36. The third kappa shape index (κ3) is 8.29. The summed E-state index contributed by atoms with van der Waals surface area (Å²) >= 11 is 7.76. The molecule has 1 aliphatic rings. The van der Waals surface area contributed by atoms with E-state index in [4.69, 9.17) is 21.3 Å². The Labute approximate surface area is 252 Å². The predicted molar refractivity (Wildman–Crippen MR) is 156 cm³/mol. The van der Waals surface area contributed by atoms with E-state index in [0.29, 0.717) is 35.6 Å². The molecule has 0 unspecified atom stereocenters. The summed E-state index contributed by atoms with van der Waals surface area (Å²) in [5, 5.41) is 1.30. The lowest BCUT2D eigenvalue weighted by Crippen LogP contribution is -2.36. The molecule has 226 valence electrons. The van der Waals surface area contributed by atoms with Crippen LogP contribution in [0.3, 0.4) is 0 Å². The molecule has 3 aromatic rings. The van der Waals surface area contributed by atoms with Gasteiger partial charge in [-0.05, 0) is 99.4 Å². The van der Waals surface area contributed by atoms with Crippen molar-refractivity contribution in [3.63, 3.8) is 0 Å². The Bertz CT molecular complexity index is 1400. The van der Waals surface area contributed by atoms with Gasteiger partial charge in [0.05, 0.1) is 17.5 Å². The summed E-state index contributed by atoms with van der Waals surface area (Å²) in [4.78, 5) is 29.3. The van der Waals surface area contributed by atoms with Crippen LogP contribution < -0.4 is 4.74 Å². The highest BCUT2D eigenvalue weighted by molar-refractivity contribution is 7.09. The van der Waals surface area contributed by atoms with Crippen LogP contribution in [-0.4, -0.2) is 58.1 Å². The SMILES string of the molecule is CCc1c(CC2CCN(CCC(=O)OC(=O)C(F)(F)F)CC2)cccc1-c1nsc(-c2ccc(OC(C)C)c(Cl)c2)n1. The Morgan fingerprint density at radius 1 is 1.17 bits per heavy atom. The van der Waals surface area contributed by atoms with E-state index in [1.165, 1.54) is 22.7 Å². The molecule has 1 saturated heterocycles. The average Bonchev–Trinajstić information content (AvgIpc) is 3.43. The maximum atomic E-state index is 12.3. The Morgan fingerprint density at radius 2 is 1.90 bits per heavy atom. The summed E-state index contributed by atoms with van der Waals surface area (Å²) < 4.78 is 51.1. The highest BCUT2D eigenvalue weighted by Gasteiger charge is 2.42. The summed E-state index contributed by atoms with van der Waals surface area (Å²) in [5.74, 6) is -1.90. The molecule has 0 saturated carbocycles. The molecule has 1 aliphatic heterocycles. The number of rotatable bonds is 10. The lowest BCUT2D eigenvalue weighted by Gasteiger charge is -2.32. The molecule has 0 bridgehead atoms. The summed E-state index contributed by atoms with van der Waals surface area (Å²) in [7, 11) is 0. The van der Waals surface area contributed by atoms with Gasteiger partial charge in [-0.25, -0.2) is 9.78 Å². The third-order valence-corrected chi connectivity index (χ3v) is 8.18. The number of ether oxygens (including phenoxy) is 2. The van der Waals surface area contributed by atoms with Gasteiger partial charge in [-0.2, -0.15) is 17.5 Å². The first kappa shape index (κ1) is 31.9. The van der Waals surface area contributed by atoms with Crippen LogP contribution in [0.2, 0.25) is 5.02 Å². The minimum absolute atomic E-state index is 0.0205. The van der Waals surface area contributed by atoms with Crippen LogP contribution in [-0.2, 0) is 27.2 Å². The molecular weight excluding hydrogens is 591 g/mol. The number of nitrogens with zero attached hydrogens (tertiary/aromatic N) is 3. The monoisotopic (exact) mass is 623 g/mol. The molecule has 0 amide bonds. The molecule has 1 fully saturated rings. The van der Waals surface area contributed by atoms with Crippen LogP contribution in [0, 0.1) is 5.92 Å². The van der Waals surface area contributed by atoms with Crippen LogP contribution in [0.4, 0.5) is 13.2 Å². The Hall–Kier alpha value is -3.02. The van der Waals surface area contributed by atoms with Crippen molar-refractivity contribution >= 4 is 35.1 Å². The maximum Gasteiger partial charge on any atom is 0.491 e. The second-order valence-electron chi connectivity index (χ2n) is 10.5. The van der Waals surface area contributed by atoms with Crippen molar-refractivity contribution in [2.45, 2.75) is 65.2 Å². The molecule has 2 heterocycles. The number of alkyl halides is 3. The topological polar surface area (TPSA) is 81.6 Å². The zero-order valence-electron chi connectivity index (χ0n) is 23.7. The van der Waals surface area contributed by atoms with Gasteiger partial charge in [0, 0.05) is 17.7 Å². The van der Waals surface area contributed by atoms with Crippen molar-refractivity contribution in [1.82, 2.24) is 14.3 Å². The van der Waals surface area contributed by atoms with Crippen molar-refractivity contribution in [2.75, 3.05) is 19.6 Å². The van der Waals surface area contributed by atoms with E-state index in [2.05, 4.69) is 22.1 Å². The number of aromatic nitrogens is 2. The second-order valence-corrected chi connectivity index (χ2v) is 11.7. The number of benzene rings is 2. The molecule has 0 radical (unpaired) electrons. The zero-order chi connectivity index (χ0) is 30.4. The largest absolute Gasteiger partial charge is 0.491 e. The fourth-order valence-corrected chi connectivity index (χ4v) is 5.97. The lowest BCUT2D eigenvalue weighted by molar-refractivity contribution is -0.201. The molecule has 2 aromatic carbocycles. The molecule has 12 heteroatoms. The van der Waals surface area contributed by atoms with Crippen LogP contribution in [0.15, 0.2) is 36.4 Å². The normalized spacial score (nSPS) is 14.8. The van der Waals surface area contributed by atoms with E-state index in [9.17, 15) is 22.8 Å². The molecular formula is C30H33ClF3N3O4S. The van der Waals surface area contributed by atoms with E-state index in [0.717, 1.165) is 41.8 Å². The quantitative estimate of drug-likeness (QED) is 0.175. The van der Waals surface area contributed by atoms with Crippen LogP contribution in [0.1, 0.15) is 51.2 Å². The number of hydrogen-bond donors (Lipinski definition) is 0. The second kappa shape index (κ2) is 14.0. The number of halogens is 4. The average molecular weight is 624 g/mol. The number of carbonyl (C=O) groups is 2. The standard InChI is InChI=1S/C30H33ClF3N3O4S/c1-4-22-20(16-19-10-13-37(14-11-19)15-12-26(38)41-29(39)30(32,33)34)6-5-7-23(22)27-35-28(42-36-27)21-8-9-25(24(31)17-21)40-18(2)3/h5-9,17-19H,4,10-16H2,1-3H3. The first-order valence-electron chi connectivity index (χ1n) is 13.9. The number of esters is 2. The van der Waals surface area contributed by atoms with Crippen molar-refractivity contribution in [2.24, 2.45) is 5.92 Å². The van der Waals surface area contributed by atoms with E-state index in [1.54, 1.807) is 0 Å². The molecule has 0 N–H and O–H groups in total. The van der Waals surface area contributed by atoms with Gasteiger partial charge < -0.3 is 14.4 Å². The fourth-order valence-electron chi connectivity index (χ4n) is 5.07. The van der Waals surface area contributed by atoms with Gasteiger partial charge in [0.15, 0.2) is 5.82 Å². The summed E-state index contributed by atoms with van der Waals surface area (Å²) in [6.45, 7) is 7.70. The summed E-state index contributed by atoms with van der Waals surface area (Å²) in [5.41, 5.74) is 4.34. The number of hydrogen-bond acceptors (Lipinski definition) is 8. The lowest BCUT2D eigenvalue weighted by atomic mass is 9.86. The first-order chi connectivity index (χ1) is 19.9. The van der Waals surface area contributed by atoms with E-state index >= 15 is 0 Å². The first-order valence-corrected chi connectivity index (χ1v) is 15.0. The Kier molecular flexibility index (Phi) is 10.6. The van der Waals surface area contributed by atoms with Gasteiger partial charge in [-0.1, -0.05) is 36.7 Å². The predicted octanol–water partition coefficient (Wildman–Crippen LogP) is 7.15. The van der Waals surface area contributed by atoms with Gasteiger partial charge in [0.25, 0.3) is 0 Å². The maximum absolute atomic E-state index is 12.3. The van der Waals surface area contributed by atoms with E-state index < -0.39 is 18.1 Å². The highest BCUT2D eigenvalue weighted by Crippen LogP contribution is 2.35. The van der Waals surface area contributed by atoms with Gasteiger partial charge in [0.1, 0.15) is 10.8 Å². The van der Waals surface area contributed by atoms with Crippen LogP contribution in [0.25, 0.3) is 22.0 Å². The van der Waals surface area contributed by atoms with Crippen molar-refractivity contribution in [3.05, 3.63) is 52.5 Å². The molecule has 4 rings (SSSR count). The molecule has 0 aliphatic carbocycles. The number of carbonyl (C=O) groups excluding carboxylic acids is 2. The van der Waals surface area contributed by atoms with Crippen LogP contribution >= 0.6 is 23.1 Å². The van der Waals surface area contributed by atoms with Crippen molar-refractivity contribution < 1.29 is 32.2 Å². The minimum atomic E-state index is -5.18. The fraction of sp³-hybridized carbons (Fsp3) is 0.467.